The monoisotopic (exact) mass is 278 g/mol. The van der Waals surface area contributed by atoms with Gasteiger partial charge in [-0.2, -0.15) is 0 Å². The van der Waals surface area contributed by atoms with Gasteiger partial charge in [0.15, 0.2) is 5.78 Å². The van der Waals surface area contributed by atoms with Crippen LogP contribution >= 0.6 is 11.6 Å². The van der Waals surface area contributed by atoms with Crippen LogP contribution in [-0.2, 0) is 0 Å². The molecule has 0 heterocycles. The van der Waals surface area contributed by atoms with Gasteiger partial charge in [0.25, 0.3) is 0 Å². The zero-order chi connectivity index (χ0) is 13.8. The van der Waals surface area contributed by atoms with E-state index in [2.05, 4.69) is 0 Å². The number of rotatable bonds is 3. The van der Waals surface area contributed by atoms with Crippen molar-refractivity contribution < 1.29 is 13.6 Å². The minimum absolute atomic E-state index is 0.167. The summed E-state index contributed by atoms with van der Waals surface area (Å²) in [7, 11) is 0. The Morgan fingerprint density at radius 3 is 2.58 bits per heavy atom. The van der Waals surface area contributed by atoms with E-state index in [1.165, 1.54) is 12.2 Å². The van der Waals surface area contributed by atoms with Crippen LogP contribution in [0.5, 0.6) is 0 Å². The standard InChI is InChI=1S/C15H9ClF2O/c16-11-3-1-2-10(8-11)4-7-15(19)13-6-5-12(17)9-14(13)18/h1-9H/b7-4+. The second-order valence-corrected chi connectivity index (χ2v) is 4.31. The molecule has 0 aliphatic rings. The van der Waals surface area contributed by atoms with E-state index in [0.717, 1.165) is 17.7 Å². The maximum absolute atomic E-state index is 13.4. The van der Waals surface area contributed by atoms with Gasteiger partial charge in [0.1, 0.15) is 11.6 Å². The van der Waals surface area contributed by atoms with Crippen LogP contribution in [0, 0.1) is 11.6 Å². The Hall–Kier alpha value is -2.00. The Balaban J connectivity index is 2.21. The van der Waals surface area contributed by atoms with Gasteiger partial charge < -0.3 is 0 Å². The molecule has 2 aromatic rings. The first-order valence-electron chi connectivity index (χ1n) is 5.49. The summed E-state index contributed by atoms with van der Waals surface area (Å²) in [4.78, 5) is 11.8. The molecule has 0 fully saturated rings. The van der Waals surface area contributed by atoms with E-state index in [-0.39, 0.29) is 5.56 Å². The van der Waals surface area contributed by atoms with Gasteiger partial charge in [-0.3, -0.25) is 4.79 Å². The van der Waals surface area contributed by atoms with Crippen molar-refractivity contribution >= 4 is 23.5 Å². The molecule has 0 N–H and O–H groups in total. The maximum atomic E-state index is 13.4. The van der Waals surface area contributed by atoms with E-state index in [1.54, 1.807) is 24.3 Å². The van der Waals surface area contributed by atoms with Crippen molar-refractivity contribution in [3.05, 3.63) is 76.3 Å². The van der Waals surface area contributed by atoms with Gasteiger partial charge in [0.2, 0.25) is 0 Å². The predicted molar refractivity (Wildman–Crippen MR) is 71.2 cm³/mol. The second kappa shape index (κ2) is 5.76. The van der Waals surface area contributed by atoms with Gasteiger partial charge >= 0.3 is 0 Å². The third-order valence-corrected chi connectivity index (χ3v) is 2.71. The quantitative estimate of drug-likeness (QED) is 0.596. The van der Waals surface area contributed by atoms with E-state index in [4.69, 9.17) is 11.6 Å². The summed E-state index contributed by atoms with van der Waals surface area (Å²) in [5, 5.41) is 0.544. The van der Waals surface area contributed by atoms with Crippen molar-refractivity contribution in [2.75, 3.05) is 0 Å². The van der Waals surface area contributed by atoms with Gasteiger partial charge in [-0.05, 0) is 35.9 Å². The fourth-order valence-corrected chi connectivity index (χ4v) is 1.76. The number of carbonyl (C=O) groups excluding carboxylic acids is 1. The molecule has 19 heavy (non-hydrogen) atoms. The molecule has 0 aromatic heterocycles. The molecule has 0 aliphatic heterocycles. The first-order chi connectivity index (χ1) is 9.06. The summed E-state index contributed by atoms with van der Waals surface area (Å²) in [6.45, 7) is 0. The molecular formula is C15H9ClF2O. The molecule has 0 atom stereocenters. The number of hydrogen-bond donors (Lipinski definition) is 0. The Labute approximate surface area is 114 Å². The van der Waals surface area contributed by atoms with Crippen molar-refractivity contribution in [2.24, 2.45) is 0 Å². The van der Waals surface area contributed by atoms with Crippen molar-refractivity contribution in [3.8, 4) is 0 Å². The Morgan fingerprint density at radius 1 is 1.11 bits per heavy atom. The molecule has 0 amide bonds. The molecule has 2 aromatic carbocycles. The number of benzene rings is 2. The third kappa shape index (κ3) is 3.48. The average molecular weight is 279 g/mol. The topological polar surface area (TPSA) is 17.1 Å². The van der Waals surface area contributed by atoms with E-state index < -0.39 is 17.4 Å². The summed E-state index contributed by atoms with van der Waals surface area (Å²) in [5.74, 6) is -2.12. The second-order valence-electron chi connectivity index (χ2n) is 3.88. The molecule has 0 aliphatic carbocycles. The number of hydrogen-bond acceptors (Lipinski definition) is 1. The van der Waals surface area contributed by atoms with Crippen LogP contribution in [0.3, 0.4) is 0 Å². The lowest BCUT2D eigenvalue weighted by atomic mass is 10.1. The minimum atomic E-state index is -0.874. The zero-order valence-corrected chi connectivity index (χ0v) is 10.5. The number of carbonyl (C=O) groups is 1. The molecule has 0 radical (unpaired) electrons. The maximum Gasteiger partial charge on any atom is 0.188 e. The highest BCUT2D eigenvalue weighted by molar-refractivity contribution is 6.30. The molecule has 0 unspecified atom stereocenters. The van der Waals surface area contributed by atoms with Gasteiger partial charge in [-0.15, -0.1) is 0 Å². The number of allylic oxidation sites excluding steroid dienone is 1. The van der Waals surface area contributed by atoms with Gasteiger partial charge in [0, 0.05) is 11.1 Å². The largest absolute Gasteiger partial charge is 0.289 e. The summed E-state index contributed by atoms with van der Waals surface area (Å²) in [6.07, 6.45) is 2.75. The van der Waals surface area contributed by atoms with Crippen LogP contribution in [0.2, 0.25) is 5.02 Å². The van der Waals surface area contributed by atoms with Crippen molar-refractivity contribution in [2.45, 2.75) is 0 Å². The Bertz CT molecular complexity index is 650. The van der Waals surface area contributed by atoms with Crippen molar-refractivity contribution in [1.29, 1.82) is 0 Å². The summed E-state index contributed by atoms with van der Waals surface area (Å²) < 4.78 is 26.1. The molecule has 2 rings (SSSR count). The first-order valence-corrected chi connectivity index (χ1v) is 5.87. The predicted octanol–water partition coefficient (Wildman–Crippen LogP) is 4.51. The molecule has 0 bridgehead atoms. The highest BCUT2D eigenvalue weighted by Gasteiger charge is 2.09. The zero-order valence-electron chi connectivity index (χ0n) is 9.74. The lowest BCUT2D eigenvalue weighted by Crippen LogP contribution is -1.99. The van der Waals surface area contributed by atoms with Gasteiger partial charge in [-0.25, -0.2) is 8.78 Å². The van der Waals surface area contributed by atoms with Crippen LogP contribution < -0.4 is 0 Å². The number of halogens is 3. The van der Waals surface area contributed by atoms with E-state index >= 15 is 0 Å². The Morgan fingerprint density at radius 2 is 1.89 bits per heavy atom. The molecule has 0 saturated carbocycles. The van der Waals surface area contributed by atoms with Crippen LogP contribution in [0.25, 0.3) is 6.08 Å². The molecule has 0 spiro atoms. The lowest BCUT2D eigenvalue weighted by Gasteiger charge is -1.99. The smallest absolute Gasteiger partial charge is 0.188 e. The SMILES string of the molecule is O=C(/C=C/c1cccc(Cl)c1)c1ccc(F)cc1F. The van der Waals surface area contributed by atoms with Crippen molar-refractivity contribution in [1.82, 2.24) is 0 Å². The minimum Gasteiger partial charge on any atom is -0.289 e. The highest BCUT2D eigenvalue weighted by atomic mass is 35.5. The van der Waals surface area contributed by atoms with E-state index in [9.17, 15) is 13.6 Å². The average Bonchev–Trinajstić information content (AvgIpc) is 2.36. The third-order valence-electron chi connectivity index (χ3n) is 2.47. The Kier molecular flexibility index (Phi) is 4.07. The summed E-state index contributed by atoms with van der Waals surface area (Å²) >= 11 is 5.80. The van der Waals surface area contributed by atoms with Crippen LogP contribution in [0.1, 0.15) is 15.9 Å². The van der Waals surface area contributed by atoms with Gasteiger partial charge in [-0.1, -0.05) is 29.8 Å². The molecule has 4 heteroatoms. The van der Waals surface area contributed by atoms with Crippen LogP contribution in [0.15, 0.2) is 48.5 Å². The van der Waals surface area contributed by atoms with Crippen LogP contribution in [-0.4, -0.2) is 5.78 Å². The number of ketones is 1. The normalized spacial score (nSPS) is 10.9. The molecule has 96 valence electrons. The van der Waals surface area contributed by atoms with E-state index in [1.807, 2.05) is 0 Å². The summed E-state index contributed by atoms with van der Waals surface area (Å²) in [5.41, 5.74) is 0.558. The highest BCUT2D eigenvalue weighted by Crippen LogP contribution is 2.14. The fraction of sp³-hybridized carbons (Fsp3) is 0. The molecular weight excluding hydrogens is 270 g/mol. The molecule has 1 nitrogen and oxygen atoms in total. The molecule has 0 saturated heterocycles. The fourth-order valence-electron chi connectivity index (χ4n) is 1.56. The van der Waals surface area contributed by atoms with Gasteiger partial charge in [0.05, 0.1) is 5.56 Å². The lowest BCUT2D eigenvalue weighted by molar-refractivity contribution is 0.104. The van der Waals surface area contributed by atoms with E-state index in [0.29, 0.717) is 11.1 Å². The van der Waals surface area contributed by atoms with Crippen LogP contribution in [0.4, 0.5) is 8.78 Å². The first kappa shape index (κ1) is 13.4. The van der Waals surface area contributed by atoms with Crippen molar-refractivity contribution in [3.63, 3.8) is 0 Å². The summed E-state index contributed by atoms with van der Waals surface area (Å²) in [6, 6.07) is 9.73.